The number of aromatic amines is 1. The molecular weight excluding hydrogens is 388 g/mol. The summed E-state index contributed by atoms with van der Waals surface area (Å²) in [5.41, 5.74) is 3.32. The minimum absolute atomic E-state index is 0.259. The van der Waals surface area contributed by atoms with Gasteiger partial charge in [-0.25, -0.2) is 15.0 Å². The fraction of sp³-hybridized carbons (Fsp3) is 0.435. The highest BCUT2D eigenvalue weighted by Crippen LogP contribution is 2.31. The van der Waals surface area contributed by atoms with Gasteiger partial charge in [0.05, 0.1) is 36.0 Å². The lowest BCUT2D eigenvalue weighted by Gasteiger charge is -2.34. The minimum atomic E-state index is 0.259. The number of likely N-dealkylation sites (tertiary alicyclic amines) is 1. The van der Waals surface area contributed by atoms with Crippen LogP contribution in [-0.2, 0) is 13.0 Å². The standard InChI is InChI=1S/C23H28N8/c1-2-3-7-22-27-13-19(30-22)16-31-10-5-4-6-21(31)20-14-28-23(15-26-20)29-18-9-8-17(11-24)25-12-18/h8-9,12-15,21H,2-7,10,16H2,1H3,(H,27,30)(H,28,29)/t21-/m1/s1. The van der Waals surface area contributed by atoms with Crippen LogP contribution in [0.2, 0.25) is 0 Å². The van der Waals surface area contributed by atoms with Gasteiger partial charge in [0, 0.05) is 24.9 Å². The van der Waals surface area contributed by atoms with E-state index >= 15 is 0 Å². The average Bonchev–Trinajstić information content (AvgIpc) is 3.26. The Morgan fingerprint density at radius 3 is 2.81 bits per heavy atom. The van der Waals surface area contributed by atoms with Crippen LogP contribution in [0.25, 0.3) is 0 Å². The molecule has 0 aliphatic carbocycles. The van der Waals surface area contributed by atoms with E-state index in [4.69, 9.17) is 10.2 Å². The number of rotatable bonds is 8. The molecule has 0 radical (unpaired) electrons. The molecule has 1 saturated heterocycles. The van der Waals surface area contributed by atoms with Crippen LogP contribution in [0.4, 0.5) is 11.5 Å². The first-order valence-electron chi connectivity index (χ1n) is 11.0. The van der Waals surface area contributed by atoms with E-state index in [0.29, 0.717) is 11.5 Å². The van der Waals surface area contributed by atoms with Crippen molar-refractivity contribution in [1.29, 1.82) is 5.26 Å². The summed E-state index contributed by atoms with van der Waals surface area (Å²) in [6.07, 6.45) is 14.0. The second-order valence-corrected chi connectivity index (χ2v) is 7.94. The summed E-state index contributed by atoms with van der Waals surface area (Å²) in [6.45, 7) is 4.10. The lowest BCUT2D eigenvalue weighted by molar-refractivity contribution is 0.135. The molecule has 0 aromatic carbocycles. The zero-order chi connectivity index (χ0) is 21.5. The van der Waals surface area contributed by atoms with E-state index in [1.165, 1.54) is 19.3 Å². The molecule has 8 heteroatoms. The highest BCUT2D eigenvalue weighted by Gasteiger charge is 2.26. The van der Waals surface area contributed by atoms with E-state index in [2.05, 4.69) is 37.1 Å². The van der Waals surface area contributed by atoms with Crippen molar-refractivity contribution in [2.24, 2.45) is 0 Å². The van der Waals surface area contributed by atoms with Crippen molar-refractivity contribution in [3.8, 4) is 6.07 Å². The molecule has 3 aromatic rings. The summed E-state index contributed by atoms with van der Waals surface area (Å²) < 4.78 is 0. The lowest BCUT2D eigenvalue weighted by Crippen LogP contribution is -2.33. The Kier molecular flexibility index (Phi) is 6.85. The van der Waals surface area contributed by atoms with Crippen LogP contribution in [-0.4, -0.2) is 36.4 Å². The molecule has 31 heavy (non-hydrogen) atoms. The number of pyridine rings is 1. The van der Waals surface area contributed by atoms with Crippen LogP contribution in [0.3, 0.4) is 0 Å². The second kappa shape index (κ2) is 10.1. The maximum Gasteiger partial charge on any atom is 0.148 e. The molecule has 1 aliphatic heterocycles. The molecule has 1 fully saturated rings. The third-order valence-corrected chi connectivity index (χ3v) is 5.60. The van der Waals surface area contributed by atoms with E-state index in [9.17, 15) is 0 Å². The number of anilines is 2. The first-order valence-corrected chi connectivity index (χ1v) is 11.0. The lowest BCUT2D eigenvalue weighted by atomic mass is 9.99. The molecule has 0 saturated carbocycles. The molecule has 4 heterocycles. The Morgan fingerprint density at radius 1 is 1.13 bits per heavy atom. The molecule has 0 amide bonds. The first kappa shape index (κ1) is 20.9. The number of nitrogens with one attached hydrogen (secondary N) is 2. The Balaban J connectivity index is 1.41. The topological polar surface area (TPSA) is 106 Å². The summed E-state index contributed by atoms with van der Waals surface area (Å²) in [7, 11) is 0. The molecule has 8 nitrogen and oxygen atoms in total. The van der Waals surface area contributed by atoms with Crippen molar-refractivity contribution in [1.82, 2.24) is 29.8 Å². The van der Waals surface area contributed by atoms with Gasteiger partial charge in [0.25, 0.3) is 0 Å². The van der Waals surface area contributed by atoms with Crippen LogP contribution in [0.5, 0.6) is 0 Å². The zero-order valence-electron chi connectivity index (χ0n) is 17.9. The Labute approximate surface area is 182 Å². The molecule has 0 spiro atoms. The van der Waals surface area contributed by atoms with Gasteiger partial charge in [0.2, 0.25) is 0 Å². The van der Waals surface area contributed by atoms with Gasteiger partial charge in [-0.1, -0.05) is 19.8 Å². The first-order chi connectivity index (χ1) is 15.2. The van der Waals surface area contributed by atoms with Crippen LogP contribution in [0.15, 0.2) is 36.9 Å². The predicted octanol–water partition coefficient (Wildman–Crippen LogP) is 4.28. The van der Waals surface area contributed by atoms with Crippen molar-refractivity contribution < 1.29 is 0 Å². The summed E-state index contributed by atoms with van der Waals surface area (Å²) >= 11 is 0. The van der Waals surface area contributed by atoms with E-state index in [1.54, 1.807) is 18.5 Å². The van der Waals surface area contributed by atoms with Crippen molar-refractivity contribution in [3.05, 3.63) is 59.8 Å². The normalized spacial score (nSPS) is 16.7. The van der Waals surface area contributed by atoms with Gasteiger partial charge in [-0.2, -0.15) is 5.26 Å². The molecule has 0 bridgehead atoms. The molecule has 1 aliphatic rings. The SMILES string of the molecule is CCCCc1ncc(CN2CCCC[C@@H]2c2cnc(Nc3ccc(C#N)nc3)cn2)[nH]1. The maximum atomic E-state index is 8.86. The van der Waals surface area contributed by atoms with Gasteiger partial charge < -0.3 is 10.3 Å². The molecular formula is C23H28N8. The van der Waals surface area contributed by atoms with Gasteiger partial charge in [-0.05, 0) is 37.9 Å². The van der Waals surface area contributed by atoms with E-state index < -0.39 is 0 Å². The number of imidazole rings is 1. The van der Waals surface area contributed by atoms with Gasteiger partial charge >= 0.3 is 0 Å². The molecule has 4 rings (SSSR count). The van der Waals surface area contributed by atoms with Gasteiger partial charge in [0.1, 0.15) is 23.4 Å². The number of nitrogens with zero attached hydrogens (tertiary/aromatic N) is 6. The third kappa shape index (κ3) is 5.44. The molecule has 2 N–H and O–H groups in total. The largest absolute Gasteiger partial charge is 0.345 e. The summed E-state index contributed by atoms with van der Waals surface area (Å²) in [5, 5.41) is 12.0. The molecule has 160 valence electrons. The number of aromatic nitrogens is 5. The van der Waals surface area contributed by atoms with Crippen LogP contribution in [0.1, 0.15) is 68.0 Å². The number of nitriles is 1. The van der Waals surface area contributed by atoms with Crippen LogP contribution >= 0.6 is 0 Å². The highest BCUT2D eigenvalue weighted by atomic mass is 15.2. The van der Waals surface area contributed by atoms with Crippen molar-refractivity contribution >= 4 is 11.5 Å². The van der Waals surface area contributed by atoms with Crippen molar-refractivity contribution in [3.63, 3.8) is 0 Å². The summed E-state index contributed by atoms with van der Waals surface area (Å²) in [4.78, 5) is 23.8. The van der Waals surface area contributed by atoms with E-state index in [-0.39, 0.29) is 6.04 Å². The van der Waals surface area contributed by atoms with Gasteiger partial charge in [-0.15, -0.1) is 0 Å². The Bertz CT molecular complexity index is 1000. The predicted molar refractivity (Wildman–Crippen MR) is 118 cm³/mol. The quantitative estimate of drug-likeness (QED) is 0.564. The van der Waals surface area contributed by atoms with E-state index in [1.807, 2.05) is 24.5 Å². The van der Waals surface area contributed by atoms with Crippen LogP contribution in [0, 0.1) is 11.3 Å². The van der Waals surface area contributed by atoms with Gasteiger partial charge in [0.15, 0.2) is 0 Å². The number of aryl methyl sites for hydroxylation is 1. The zero-order valence-corrected chi connectivity index (χ0v) is 17.9. The Hall–Kier alpha value is -3.31. The van der Waals surface area contributed by atoms with Crippen LogP contribution < -0.4 is 5.32 Å². The van der Waals surface area contributed by atoms with Gasteiger partial charge in [-0.3, -0.25) is 9.88 Å². The Morgan fingerprint density at radius 2 is 2.06 bits per heavy atom. The number of piperidine rings is 1. The number of H-pyrrole nitrogens is 1. The molecule has 0 unspecified atom stereocenters. The second-order valence-electron chi connectivity index (χ2n) is 7.94. The fourth-order valence-electron chi connectivity index (χ4n) is 3.95. The number of hydrogen-bond acceptors (Lipinski definition) is 7. The van der Waals surface area contributed by atoms with Crippen molar-refractivity contribution in [2.75, 3.05) is 11.9 Å². The molecule has 1 atom stereocenters. The smallest absolute Gasteiger partial charge is 0.148 e. The summed E-state index contributed by atoms with van der Waals surface area (Å²) in [6, 6.07) is 5.76. The maximum absolute atomic E-state index is 8.86. The minimum Gasteiger partial charge on any atom is -0.345 e. The number of unbranched alkanes of at least 4 members (excludes halogenated alkanes) is 1. The molecule has 3 aromatic heterocycles. The third-order valence-electron chi connectivity index (χ3n) is 5.60. The number of hydrogen-bond donors (Lipinski definition) is 2. The average molecular weight is 417 g/mol. The highest BCUT2D eigenvalue weighted by molar-refractivity contribution is 5.54. The fourth-order valence-corrected chi connectivity index (χ4v) is 3.95. The van der Waals surface area contributed by atoms with Crippen molar-refractivity contribution in [2.45, 2.75) is 58.0 Å². The monoisotopic (exact) mass is 416 g/mol. The summed E-state index contributed by atoms with van der Waals surface area (Å²) in [5.74, 6) is 1.74. The van der Waals surface area contributed by atoms with E-state index in [0.717, 1.165) is 55.3 Å².